The number of amides is 3. The molecule has 38 heavy (non-hydrogen) atoms. The Labute approximate surface area is 220 Å². The Hall–Kier alpha value is -3.72. The average Bonchev–Trinajstić information content (AvgIpc) is 3.48. The average molecular weight is 514 g/mol. The lowest BCUT2D eigenvalue weighted by molar-refractivity contribution is -0.136. The Morgan fingerprint density at radius 2 is 1.84 bits per heavy atom. The zero-order chi connectivity index (χ0) is 25.8. The number of imide groups is 1. The van der Waals surface area contributed by atoms with E-state index in [1.165, 1.54) is 12.0 Å². The minimum atomic E-state index is -0.603. The maximum absolute atomic E-state index is 13.0. The molecule has 4 aliphatic rings. The number of likely N-dealkylation sites (tertiary alicyclic amines) is 1. The smallest absolute Gasteiger partial charge is 0.255 e. The molecule has 196 valence electrons. The Morgan fingerprint density at radius 3 is 2.71 bits per heavy atom. The first-order valence-electron chi connectivity index (χ1n) is 13.6. The zero-order valence-electron chi connectivity index (χ0n) is 21.2. The van der Waals surface area contributed by atoms with E-state index >= 15 is 0 Å². The van der Waals surface area contributed by atoms with Crippen molar-refractivity contribution in [2.75, 3.05) is 13.1 Å². The molecular weight excluding hydrogens is 482 g/mol. The summed E-state index contributed by atoms with van der Waals surface area (Å²) >= 11 is 0. The molecule has 1 saturated carbocycles. The maximum Gasteiger partial charge on any atom is 0.255 e. The van der Waals surface area contributed by atoms with Crippen molar-refractivity contribution in [2.45, 2.75) is 69.2 Å². The van der Waals surface area contributed by atoms with Gasteiger partial charge in [-0.05, 0) is 67.1 Å². The van der Waals surface area contributed by atoms with Crippen LogP contribution < -0.4 is 10.1 Å². The first kappa shape index (κ1) is 23.4. The van der Waals surface area contributed by atoms with E-state index in [4.69, 9.17) is 4.74 Å². The van der Waals surface area contributed by atoms with Crippen LogP contribution >= 0.6 is 0 Å². The predicted molar refractivity (Wildman–Crippen MR) is 140 cm³/mol. The predicted octanol–water partition coefficient (Wildman–Crippen LogP) is 3.11. The Kier molecular flexibility index (Phi) is 5.69. The van der Waals surface area contributed by atoms with Gasteiger partial charge in [-0.2, -0.15) is 5.10 Å². The second-order valence-corrected chi connectivity index (χ2v) is 11.1. The molecule has 9 nitrogen and oxygen atoms in total. The number of rotatable bonds is 5. The normalized spacial score (nSPS) is 26.4. The number of nitrogens with zero attached hydrogens (tertiary/aromatic N) is 3. The van der Waals surface area contributed by atoms with Crippen molar-refractivity contribution >= 4 is 28.6 Å². The molecule has 3 aliphatic heterocycles. The van der Waals surface area contributed by atoms with Crippen molar-refractivity contribution in [1.29, 1.82) is 0 Å². The second kappa shape index (κ2) is 9.23. The number of nitrogens with one attached hydrogen (secondary N) is 2. The van der Waals surface area contributed by atoms with Crippen LogP contribution in [0.4, 0.5) is 0 Å². The van der Waals surface area contributed by atoms with Crippen LogP contribution in [-0.2, 0) is 16.1 Å². The van der Waals surface area contributed by atoms with Crippen LogP contribution in [0.3, 0.4) is 0 Å². The monoisotopic (exact) mass is 513 g/mol. The van der Waals surface area contributed by atoms with Gasteiger partial charge in [-0.25, -0.2) is 0 Å². The molecular formula is C29H31N5O4. The van der Waals surface area contributed by atoms with Gasteiger partial charge < -0.3 is 9.64 Å². The van der Waals surface area contributed by atoms with Gasteiger partial charge in [0.05, 0.1) is 11.7 Å². The van der Waals surface area contributed by atoms with Crippen LogP contribution in [0.25, 0.3) is 10.9 Å². The highest BCUT2D eigenvalue weighted by Gasteiger charge is 2.41. The number of aromatic amines is 1. The molecule has 3 fully saturated rings. The molecule has 2 saturated heterocycles. The van der Waals surface area contributed by atoms with E-state index in [1.807, 2.05) is 24.4 Å². The van der Waals surface area contributed by atoms with E-state index in [2.05, 4.69) is 38.6 Å². The first-order valence-corrected chi connectivity index (χ1v) is 13.6. The number of fused-ring (bicyclic) bond motifs is 2. The number of carbonyl (C=O) groups excluding carboxylic acids is 3. The van der Waals surface area contributed by atoms with Crippen LogP contribution in [0.5, 0.6) is 5.75 Å². The van der Waals surface area contributed by atoms with Crippen molar-refractivity contribution in [3.8, 4) is 5.75 Å². The van der Waals surface area contributed by atoms with Crippen molar-refractivity contribution in [1.82, 2.24) is 25.3 Å². The fourth-order valence-corrected chi connectivity index (χ4v) is 6.64. The summed E-state index contributed by atoms with van der Waals surface area (Å²) < 4.78 is 6.58. The zero-order valence-corrected chi connectivity index (χ0v) is 21.2. The summed E-state index contributed by atoms with van der Waals surface area (Å²) in [5, 5.41) is 10.7. The molecule has 1 aliphatic carbocycles. The minimum Gasteiger partial charge on any atom is -0.489 e. The number of benzene rings is 2. The van der Waals surface area contributed by atoms with E-state index in [9.17, 15) is 14.4 Å². The van der Waals surface area contributed by atoms with Gasteiger partial charge in [-0.3, -0.25) is 29.7 Å². The third kappa shape index (κ3) is 4.05. The van der Waals surface area contributed by atoms with Crippen molar-refractivity contribution in [3.05, 3.63) is 59.3 Å². The van der Waals surface area contributed by atoms with Gasteiger partial charge in [0, 0.05) is 49.0 Å². The Morgan fingerprint density at radius 1 is 0.974 bits per heavy atom. The quantitative estimate of drug-likeness (QED) is 0.508. The molecule has 0 radical (unpaired) electrons. The molecule has 3 atom stereocenters. The molecule has 2 N–H and O–H groups in total. The van der Waals surface area contributed by atoms with Crippen molar-refractivity contribution < 1.29 is 19.1 Å². The maximum atomic E-state index is 13.0. The molecule has 4 heterocycles. The van der Waals surface area contributed by atoms with Gasteiger partial charge in [0.1, 0.15) is 17.9 Å². The SMILES string of the molecule is O=C1CCC(N2Cc3cc(O[C@H]4CCCC[C@@H]4N4CC(c5ccc6[nH]ncc6c5)C4)ccc3C2=O)C(=O)N1. The fraction of sp³-hybridized carbons (Fsp3) is 0.448. The molecule has 3 amide bonds. The highest BCUT2D eigenvalue weighted by Crippen LogP contribution is 2.37. The van der Waals surface area contributed by atoms with Gasteiger partial charge in [0.2, 0.25) is 11.8 Å². The van der Waals surface area contributed by atoms with E-state index in [0.29, 0.717) is 30.5 Å². The number of H-pyrrole nitrogens is 1. The minimum absolute atomic E-state index is 0.113. The van der Waals surface area contributed by atoms with E-state index in [0.717, 1.165) is 54.6 Å². The summed E-state index contributed by atoms with van der Waals surface area (Å²) in [6.45, 7) is 2.43. The standard InChI is InChI=1S/C29H31N5O4/c35-27-10-9-25(28(36)31-27)34-16-19-12-21(6-7-22(19)29(34)37)38-26-4-2-1-3-24(26)33-14-20(15-33)17-5-8-23-18(11-17)13-30-32-23/h5-8,11-13,20,24-26H,1-4,9-10,14-16H2,(H,30,32)(H,31,35,36)/t24-,25?,26-/m0/s1. The Bertz CT molecular complexity index is 1430. The Balaban J connectivity index is 1.02. The lowest BCUT2D eigenvalue weighted by atomic mass is 9.84. The number of carbonyl (C=O) groups is 3. The lowest BCUT2D eigenvalue weighted by Gasteiger charge is -2.48. The highest BCUT2D eigenvalue weighted by molar-refractivity contribution is 6.05. The van der Waals surface area contributed by atoms with Crippen molar-refractivity contribution in [3.63, 3.8) is 0 Å². The van der Waals surface area contributed by atoms with Gasteiger partial charge >= 0.3 is 0 Å². The second-order valence-electron chi connectivity index (χ2n) is 11.1. The van der Waals surface area contributed by atoms with Gasteiger partial charge in [0.15, 0.2) is 0 Å². The third-order valence-electron chi connectivity index (χ3n) is 8.76. The summed E-state index contributed by atoms with van der Waals surface area (Å²) in [5.74, 6) is 0.487. The number of hydrogen-bond acceptors (Lipinski definition) is 6. The number of piperidine rings is 1. The van der Waals surface area contributed by atoms with Crippen LogP contribution in [0, 0.1) is 0 Å². The largest absolute Gasteiger partial charge is 0.489 e. The van der Waals surface area contributed by atoms with E-state index in [-0.39, 0.29) is 30.2 Å². The molecule has 2 aromatic carbocycles. The van der Waals surface area contributed by atoms with Crippen molar-refractivity contribution in [2.24, 2.45) is 0 Å². The molecule has 7 rings (SSSR count). The number of hydrogen-bond donors (Lipinski definition) is 2. The number of ether oxygens (including phenoxy) is 1. The summed E-state index contributed by atoms with van der Waals surface area (Å²) in [6.07, 6.45) is 7.13. The molecule has 3 aromatic rings. The molecule has 0 bridgehead atoms. The fourth-order valence-electron chi connectivity index (χ4n) is 6.64. The van der Waals surface area contributed by atoms with E-state index < -0.39 is 6.04 Å². The number of aromatic nitrogens is 2. The molecule has 0 spiro atoms. The van der Waals surface area contributed by atoms with Crippen LogP contribution in [0.2, 0.25) is 0 Å². The summed E-state index contributed by atoms with van der Waals surface area (Å²) in [5.41, 5.74) is 3.93. The third-order valence-corrected chi connectivity index (χ3v) is 8.76. The molecule has 9 heteroatoms. The highest BCUT2D eigenvalue weighted by atomic mass is 16.5. The topological polar surface area (TPSA) is 108 Å². The first-order chi connectivity index (χ1) is 18.5. The van der Waals surface area contributed by atoms with Gasteiger partial charge in [-0.15, -0.1) is 0 Å². The van der Waals surface area contributed by atoms with E-state index in [1.54, 1.807) is 4.90 Å². The summed E-state index contributed by atoms with van der Waals surface area (Å²) in [6, 6.07) is 12.0. The van der Waals surface area contributed by atoms with Crippen LogP contribution in [-0.4, -0.2) is 69.0 Å². The summed E-state index contributed by atoms with van der Waals surface area (Å²) in [4.78, 5) is 41.1. The van der Waals surface area contributed by atoms with Gasteiger partial charge in [0.25, 0.3) is 5.91 Å². The molecule has 1 unspecified atom stereocenters. The molecule has 1 aromatic heterocycles. The van der Waals surface area contributed by atoms with Gasteiger partial charge in [-0.1, -0.05) is 12.5 Å². The lowest BCUT2D eigenvalue weighted by Crippen LogP contribution is -2.57. The van der Waals surface area contributed by atoms with Crippen LogP contribution in [0.15, 0.2) is 42.6 Å². The summed E-state index contributed by atoms with van der Waals surface area (Å²) in [7, 11) is 0. The van der Waals surface area contributed by atoms with Crippen LogP contribution in [0.1, 0.15) is 65.9 Å².